The van der Waals surface area contributed by atoms with Gasteiger partial charge in [-0.05, 0) is 24.3 Å². The van der Waals surface area contributed by atoms with E-state index >= 15 is 0 Å². The third-order valence-electron chi connectivity index (χ3n) is 1.79. The molecule has 9 heteroatoms. The van der Waals surface area contributed by atoms with Crippen LogP contribution in [-0.2, 0) is 16.1 Å². The fourth-order valence-electron chi connectivity index (χ4n) is 1.16. The Hall–Kier alpha value is -1.64. The van der Waals surface area contributed by atoms with E-state index in [1.165, 1.54) is 16.4 Å². The van der Waals surface area contributed by atoms with Crippen LogP contribution in [0.15, 0.2) is 5.16 Å². The maximum Gasteiger partial charge on any atom is 0.325 e. The summed E-state index contributed by atoms with van der Waals surface area (Å²) in [7, 11) is 0. The van der Waals surface area contributed by atoms with Gasteiger partial charge in [0.15, 0.2) is 0 Å². The molecule has 2 N–H and O–H groups in total. The second-order valence-corrected chi connectivity index (χ2v) is 4.90. The Bertz CT molecular complexity index is 420. The van der Waals surface area contributed by atoms with Crippen molar-refractivity contribution in [2.45, 2.75) is 38.0 Å². The maximum atomic E-state index is 11.4. The van der Waals surface area contributed by atoms with Crippen LogP contribution in [-0.4, -0.2) is 49.0 Å². The Morgan fingerprint density at radius 3 is 2.83 bits per heavy atom. The summed E-state index contributed by atoms with van der Waals surface area (Å²) in [6.45, 7) is 3.49. The Morgan fingerprint density at radius 1 is 1.50 bits per heavy atom. The summed E-state index contributed by atoms with van der Waals surface area (Å²) < 4.78 is 1.19. The monoisotopic (exact) mass is 273 g/mol. The van der Waals surface area contributed by atoms with Gasteiger partial charge in [-0.3, -0.25) is 9.59 Å². The van der Waals surface area contributed by atoms with Crippen molar-refractivity contribution in [2.24, 2.45) is 0 Å². The number of amides is 1. The smallest absolute Gasteiger partial charge is 0.325 e. The summed E-state index contributed by atoms with van der Waals surface area (Å²) in [5, 5.41) is 22.4. The second kappa shape index (κ2) is 6.94. The number of nitrogens with zero attached hydrogens (tertiary/aromatic N) is 4. The van der Waals surface area contributed by atoms with Crippen LogP contribution in [0.5, 0.6) is 0 Å². The number of carboxylic acid groups (broad SMARTS) is 1. The largest absolute Gasteiger partial charge is 0.480 e. The van der Waals surface area contributed by atoms with Crippen molar-refractivity contribution in [2.75, 3.05) is 5.75 Å². The molecule has 0 saturated carbocycles. The molecule has 0 aromatic carbocycles. The molecular formula is C9H15N5O3S. The maximum absolute atomic E-state index is 11.4. The molecule has 1 amide bonds. The van der Waals surface area contributed by atoms with Gasteiger partial charge in [-0.2, -0.15) is 0 Å². The van der Waals surface area contributed by atoms with E-state index in [0.717, 1.165) is 0 Å². The van der Waals surface area contributed by atoms with Gasteiger partial charge in [-0.25, -0.2) is 4.68 Å². The average Bonchev–Trinajstić information content (AvgIpc) is 2.63. The zero-order chi connectivity index (χ0) is 13.5. The van der Waals surface area contributed by atoms with Crippen LogP contribution >= 0.6 is 11.8 Å². The topological polar surface area (TPSA) is 110 Å². The highest BCUT2D eigenvalue weighted by molar-refractivity contribution is 7.99. The van der Waals surface area contributed by atoms with Crippen LogP contribution in [0.25, 0.3) is 0 Å². The van der Waals surface area contributed by atoms with Crippen LogP contribution < -0.4 is 5.32 Å². The predicted octanol–water partition coefficient (Wildman–Crippen LogP) is -0.235. The summed E-state index contributed by atoms with van der Waals surface area (Å²) in [4.78, 5) is 21.9. The van der Waals surface area contributed by atoms with E-state index in [1.54, 1.807) is 0 Å². The average molecular weight is 273 g/mol. The van der Waals surface area contributed by atoms with Crippen molar-refractivity contribution in [3.05, 3.63) is 0 Å². The van der Waals surface area contributed by atoms with Gasteiger partial charge in [0.25, 0.3) is 0 Å². The minimum atomic E-state index is -1.01. The lowest BCUT2D eigenvalue weighted by molar-refractivity contribution is -0.138. The number of hydrogen-bond donors (Lipinski definition) is 2. The third-order valence-corrected chi connectivity index (χ3v) is 2.75. The summed E-state index contributed by atoms with van der Waals surface area (Å²) in [6.07, 6.45) is 0.336. The lowest BCUT2D eigenvalue weighted by Gasteiger charge is -2.07. The number of hydrogen-bond acceptors (Lipinski definition) is 6. The number of tetrazole rings is 1. The highest BCUT2D eigenvalue weighted by atomic mass is 32.2. The fraction of sp³-hybridized carbons (Fsp3) is 0.667. The SMILES string of the molecule is CC(C)NC(=O)CCSc1nnnn1CC(=O)O. The molecule has 0 atom stereocenters. The van der Waals surface area contributed by atoms with Gasteiger partial charge in [0, 0.05) is 18.2 Å². The van der Waals surface area contributed by atoms with E-state index < -0.39 is 5.97 Å². The molecule has 0 aliphatic rings. The quantitative estimate of drug-likeness (QED) is 0.660. The molecule has 8 nitrogen and oxygen atoms in total. The van der Waals surface area contributed by atoms with E-state index in [9.17, 15) is 9.59 Å². The Morgan fingerprint density at radius 2 is 2.22 bits per heavy atom. The van der Waals surface area contributed by atoms with Gasteiger partial charge in [0.2, 0.25) is 11.1 Å². The molecular weight excluding hydrogens is 258 g/mol. The number of rotatable bonds is 7. The molecule has 0 bridgehead atoms. The van der Waals surface area contributed by atoms with Crippen molar-refractivity contribution in [3.63, 3.8) is 0 Å². The first-order chi connectivity index (χ1) is 8.49. The van der Waals surface area contributed by atoms with Crippen LogP contribution in [0, 0.1) is 0 Å². The van der Waals surface area contributed by atoms with Crippen molar-refractivity contribution in [1.29, 1.82) is 0 Å². The molecule has 0 radical (unpaired) electrons. The molecule has 1 heterocycles. The van der Waals surface area contributed by atoms with Crippen LogP contribution in [0.4, 0.5) is 0 Å². The van der Waals surface area contributed by atoms with E-state index in [0.29, 0.717) is 17.3 Å². The molecule has 0 fully saturated rings. The van der Waals surface area contributed by atoms with E-state index in [-0.39, 0.29) is 18.5 Å². The van der Waals surface area contributed by atoms with E-state index in [2.05, 4.69) is 20.8 Å². The molecule has 1 aromatic rings. The van der Waals surface area contributed by atoms with Crippen LogP contribution in [0.3, 0.4) is 0 Å². The van der Waals surface area contributed by atoms with Gasteiger partial charge in [-0.1, -0.05) is 11.8 Å². The number of aromatic nitrogens is 4. The number of thioether (sulfide) groups is 1. The lowest BCUT2D eigenvalue weighted by atomic mass is 10.3. The lowest BCUT2D eigenvalue weighted by Crippen LogP contribution is -2.30. The molecule has 0 unspecified atom stereocenters. The number of carbonyl (C=O) groups is 2. The summed E-state index contributed by atoms with van der Waals surface area (Å²) in [5.41, 5.74) is 0. The molecule has 1 aromatic heterocycles. The number of carboxylic acids is 1. The minimum absolute atomic E-state index is 0.0465. The zero-order valence-electron chi connectivity index (χ0n) is 10.2. The molecule has 0 spiro atoms. The van der Waals surface area contributed by atoms with Gasteiger partial charge in [0.05, 0.1) is 0 Å². The zero-order valence-corrected chi connectivity index (χ0v) is 11.0. The minimum Gasteiger partial charge on any atom is -0.480 e. The highest BCUT2D eigenvalue weighted by Gasteiger charge is 2.11. The second-order valence-electron chi connectivity index (χ2n) is 3.83. The third kappa shape index (κ3) is 5.13. The van der Waals surface area contributed by atoms with Gasteiger partial charge < -0.3 is 10.4 Å². The van der Waals surface area contributed by atoms with Gasteiger partial charge in [0.1, 0.15) is 6.54 Å². The van der Waals surface area contributed by atoms with Crippen molar-refractivity contribution >= 4 is 23.6 Å². The predicted molar refractivity (Wildman–Crippen MR) is 64.1 cm³/mol. The standard InChI is InChI=1S/C9H15N5O3S/c1-6(2)10-7(15)3-4-18-9-11-12-13-14(9)5-8(16)17/h6H,3-5H2,1-2H3,(H,10,15)(H,16,17). The molecule has 100 valence electrons. The Kier molecular flexibility index (Phi) is 5.56. The highest BCUT2D eigenvalue weighted by Crippen LogP contribution is 2.14. The number of aliphatic carboxylic acids is 1. The summed E-state index contributed by atoms with van der Waals surface area (Å²) in [6, 6.07) is 0.111. The van der Waals surface area contributed by atoms with Crippen LogP contribution in [0.2, 0.25) is 0 Å². The van der Waals surface area contributed by atoms with Crippen molar-refractivity contribution in [3.8, 4) is 0 Å². The van der Waals surface area contributed by atoms with Gasteiger partial charge in [-0.15, -0.1) is 5.10 Å². The summed E-state index contributed by atoms with van der Waals surface area (Å²) >= 11 is 1.25. The first kappa shape index (κ1) is 14.4. The number of carbonyl (C=O) groups excluding carboxylic acids is 1. The van der Waals surface area contributed by atoms with E-state index in [1.807, 2.05) is 13.8 Å². The number of nitrogens with one attached hydrogen (secondary N) is 1. The van der Waals surface area contributed by atoms with Crippen LogP contribution in [0.1, 0.15) is 20.3 Å². The van der Waals surface area contributed by atoms with Crippen molar-refractivity contribution < 1.29 is 14.7 Å². The summed E-state index contributed by atoms with van der Waals surface area (Å²) in [5.74, 6) is -0.560. The molecule has 0 saturated heterocycles. The fourth-order valence-corrected chi connectivity index (χ4v) is 1.97. The first-order valence-corrected chi connectivity index (χ1v) is 6.37. The molecule has 0 aliphatic heterocycles. The van der Waals surface area contributed by atoms with E-state index in [4.69, 9.17) is 5.11 Å². The molecule has 0 aliphatic carbocycles. The van der Waals surface area contributed by atoms with Crippen molar-refractivity contribution in [1.82, 2.24) is 25.5 Å². The first-order valence-electron chi connectivity index (χ1n) is 5.39. The van der Waals surface area contributed by atoms with Gasteiger partial charge >= 0.3 is 5.97 Å². The normalized spacial score (nSPS) is 10.6. The Labute approximate surface area is 108 Å². The molecule has 18 heavy (non-hydrogen) atoms. The Balaban J connectivity index is 2.37. The molecule has 1 rings (SSSR count).